The van der Waals surface area contributed by atoms with Gasteiger partial charge < -0.3 is 10.2 Å². The third kappa shape index (κ3) is 3.39. The van der Waals surface area contributed by atoms with Crippen molar-refractivity contribution in [1.82, 2.24) is 5.32 Å². The van der Waals surface area contributed by atoms with Gasteiger partial charge in [-0.1, -0.05) is 6.92 Å². The molecule has 2 nitrogen and oxygen atoms in total. The summed E-state index contributed by atoms with van der Waals surface area (Å²) in [6.45, 7) is 5.96. The highest BCUT2D eigenvalue weighted by molar-refractivity contribution is 7.99. The van der Waals surface area contributed by atoms with Crippen LogP contribution in [0.15, 0.2) is 12.1 Å². The number of halogens is 2. The van der Waals surface area contributed by atoms with Crippen LogP contribution in [0.5, 0.6) is 0 Å². The third-order valence-electron chi connectivity index (χ3n) is 3.31. The van der Waals surface area contributed by atoms with E-state index in [1.54, 1.807) is 0 Å². The predicted molar refractivity (Wildman–Crippen MR) is 77.9 cm³/mol. The maximum absolute atomic E-state index is 14.2. The van der Waals surface area contributed by atoms with Crippen LogP contribution >= 0.6 is 11.8 Å². The van der Waals surface area contributed by atoms with Crippen LogP contribution in [0.1, 0.15) is 19.4 Å². The molecule has 1 saturated heterocycles. The van der Waals surface area contributed by atoms with E-state index in [-0.39, 0.29) is 11.7 Å². The number of rotatable bonds is 4. The van der Waals surface area contributed by atoms with E-state index in [1.165, 1.54) is 12.1 Å². The Morgan fingerprint density at radius 2 is 2.05 bits per heavy atom. The summed E-state index contributed by atoms with van der Waals surface area (Å²) in [5, 5.41) is 3.08. The molecule has 1 aromatic rings. The van der Waals surface area contributed by atoms with Crippen LogP contribution in [-0.4, -0.2) is 30.6 Å². The first-order chi connectivity index (χ1) is 9.13. The average Bonchev–Trinajstić information content (AvgIpc) is 2.38. The second kappa shape index (κ2) is 6.57. The van der Waals surface area contributed by atoms with E-state index >= 15 is 0 Å². The van der Waals surface area contributed by atoms with Gasteiger partial charge in [-0.15, -0.1) is 0 Å². The Morgan fingerprint density at radius 1 is 1.37 bits per heavy atom. The first-order valence-electron chi connectivity index (χ1n) is 6.66. The zero-order chi connectivity index (χ0) is 13.8. The Kier molecular flexibility index (Phi) is 5.05. The van der Waals surface area contributed by atoms with Crippen LogP contribution < -0.4 is 10.2 Å². The van der Waals surface area contributed by atoms with Gasteiger partial charge in [-0.3, -0.25) is 0 Å². The summed E-state index contributed by atoms with van der Waals surface area (Å²) in [6.07, 6.45) is 0. The lowest BCUT2D eigenvalue weighted by molar-refractivity contribution is 0.553. The molecule has 0 spiro atoms. The van der Waals surface area contributed by atoms with Crippen molar-refractivity contribution in [2.75, 3.05) is 29.5 Å². The molecule has 0 amide bonds. The van der Waals surface area contributed by atoms with Gasteiger partial charge in [-0.05, 0) is 31.2 Å². The molecule has 1 aliphatic rings. The van der Waals surface area contributed by atoms with Crippen molar-refractivity contribution in [2.24, 2.45) is 0 Å². The van der Waals surface area contributed by atoms with Crippen molar-refractivity contribution in [1.29, 1.82) is 0 Å². The molecule has 0 aromatic heterocycles. The van der Waals surface area contributed by atoms with Gasteiger partial charge in [0.25, 0.3) is 0 Å². The second-order valence-electron chi connectivity index (χ2n) is 4.81. The fourth-order valence-electron chi connectivity index (χ4n) is 2.32. The summed E-state index contributed by atoms with van der Waals surface area (Å²) in [5.74, 6) is 0.929. The average molecular weight is 286 g/mol. The summed E-state index contributed by atoms with van der Waals surface area (Å²) in [6, 6.07) is 3.05. The van der Waals surface area contributed by atoms with Gasteiger partial charge in [-0.25, -0.2) is 8.78 Å². The number of nitrogens with zero attached hydrogens (tertiary/aromatic N) is 1. The summed E-state index contributed by atoms with van der Waals surface area (Å²) in [7, 11) is 0. The standard InChI is InChI=1S/C14H20F2N2S/c1-3-17-8-11-6-12(15)14(13(16)7-11)18-4-5-19-9-10(18)2/h6-7,10,17H,3-5,8-9H2,1-2H3. The Bertz CT molecular complexity index is 416. The highest BCUT2D eigenvalue weighted by Crippen LogP contribution is 2.30. The van der Waals surface area contributed by atoms with Gasteiger partial charge in [0, 0.05) is 30.6 Å². The molecule has 1 atom stereocenters. The SMILES string of the molecule is CCNCc1cc(F)c(N2CCSCC2C)c(F)c1. The largest absolute Gasteiger partial charge is 0.362 e. The first-order valence-corrected chi connectivity index (χ1v) is 7.82. The minimum Gasteiger partial charge on any atom is -0.362 e. The summed E-state index contributed by atoms with van der Waals surface area (Å²) >= 11 is 1.83. The molecule has 2 rings (SSSR count). The Labute approximate surface area is 117 Å². The number of benzene rings is 1. The van der Waals surface area contributed by atoms with Gasteiger partial charge in [0.15, 0.2) is 0 Å². The van der Waals surface area contributed by atoms with Crippen LogP contribution in [0, 0.1) is 11.6 Å². The van der Waals surface area contributed by atoms with E-state index in [0.29, 0.717) is 18.7 Å². The van der Waals surface area contributed by atoms with Gasteiger partial charge in [0.1, 0.15) is 17.3 Å². The number of nitrogens with one attached hydrogen (secondary N) is 1. The minimum absolute atomic E-state index is 0.132. The monoisotopic (exact) mass is 286 g/mol. The van der Waals surface area contributed by atoms with Crippen LogP contribution in [0.4, 0.5) is 14.5 Å². The molecule has 0 aliphatic carbocycles. The molecule has 0 saturated carbocycles. The fourth-order valence-corrected chi connectivity index (χ4v) is 3.34. The minimum atomic E-state index is -0.452. The zero-order valence-electron chi connectivity index (χ0n) is 11.4. The summed E-state index contributed by atoms with van der Waals surface area (Å²) in [4.78, 5) is 1.85. The van der Waals surface area contributed by atoms with Gasteiger partial charge >= 0.3 is 0 Å². The maximum atomic E-state index is 14.2. The molecular weight excluding hydrogens is 266 g/mol. The number of hydrogen-bond donors (Lipinski definition) is 1. The van der Waals surface area contributed by atoms with Crippen molar-refractivity contribution in [3.05, 3.63) is 29.3 Å². The van der Waals surface area contributed by atoms with Crippen molar-refractivity contribution in [2.45, 2.75) is 26.4 Å². The lowest BCUT2D eigenvalue weighted by Gasteiger charge is -2.35. The summed E-state index contributed by atoms with van der Waals surface area (Å²) < 4.78 is 28.4. The van der Waals surface area contributed by atoms with Crippen molar-refractivity contribution < 1.29 is 8.78 Å². The van der Waals surface area contributed by atoms with E-state index in [4.69, 9.17) is 0 Å². The van der Waals surface area contributed by atoms with Crippen LogP contribution in [-0.2, 0) is 6.54 Å². The quantitative estimate of drug-likeness (QED) is 0.916. The molecule has 1 aliphatic heterocycles. The lowest BCUT2D eigenvalue weighted by Crippen LogP contribution is -2.41. The van der Waals surface area contributed by atoms with Gasteiger partial charge in [0.05, 0.1) is 0 Å². The predicted octanol–water partition coefficient (Wildman–Crippen LogP) is 3.02. The second-order valence-corrected chi connectivity index (χ2v) is 5.96. The van der Waals surface area contributed by atoms with Gasteiger partial charge in [-0.2, -0.15) is 11.8 Å². The molecule has 106 valence electrons. The van der Waals surface area contributed by atoms with Crippen molar-refractivity contribution in [3.8, 4) is 0 Å². The Morgan fingerprint density at radius 3 is 2.63 bits per heavy atom. The molecular formula is C14H20F2N2S. The van der Waals surface area contributed by atoms with Crippen molar-refractivity contribution in [3.63, 3.8) is 0 Å². The van der Waals surface area contributed by atoms with E-state index in [0.717, 1.165) is 18.1 Å². The zero-order valence-corrected chi connectivity index (χ0v) is 12.2. The molecule has 1 aromatic carbocycles. The van der Waals surface area contributed by atoms with Gasteiger partial charge in [0.2, 0.25) is 0 Å². The molecule has 19 heavy (non-hydrogen) atoms. The lowest BCUT2D eigenvalue weighted by atomic mass is 10.1. The molecule has 5 heteroatoms. The molecule has 1 unspecified atom stereocenters. The van der Waals surface area contributed by atoms with Crippen LogP contribution in [0.25, 0.3) is 0 Å². The highest BCUT2D eigenvalue weighted by Gasteiger charge is 2.25. The van der Waals surface area contributed by atoms with E-state index in [9.17, 15) is 8.78 Å². The molecule has 1 heterocycles. The Balaban J connectivity index is 2.25. The Hall–Kier alpha value is -0.810. The topological polar surface area (TPSA) is 15.3 Å². The number of thioether (sulfide) groups is 1. The fraction of sp³-hybridized carbons (Fsp3) is 0.571. The summed E-state index contributed by atoms with van der Waals surface area (Å²) in [5.41, 5.74) is 0.785. The van der Waals surface area contributed by atoms with Crippen molar-refractivity contribution >= 4 is 17.4 Å². The van der Waals surface area contributed by atoms with E-state index in [2.05, 4.69) is 5.32 Å². The number of hydrogen-bond acceptors (Lipinski definition) is 3. The molecule has 1 fully saturated rings. The highest BCUT2D eigenvalue weighted by atomic mass is 32.2. The molecule has 1 N–H and O–H groups in total. The van der Waals surface area contributed by atoms with E-state index in [1.807, 2.05) is 30.5 Å². The van der Waals surface area contributed by atoms with E-state index < -0.39 is 11.6 Å². The van der Waals surface area contributed by atoms with Crippen LogP contribution in [0.3, 0.4) is 0 Å². The molecule has 0 bridgehead atoms. The number of anilines is 1. The third-order valence-corrected chi connectivity index (χ3v) is 4.50. The smallest absolute Gasteiger partial charge is 0.149 e. The maximum Gasteiger partial charge on any atom is 0.149 e. The first kappa shape index (κ1) is 14.6. The normalized spacial score (nSPS) is 19.8. The molecule has 0 radical (unpaired) electrons. The van der Waals surface area contributed by atoms with Crippen LogP contribution in [0.2, 0.25) is 0 Å².